The Balaban J connectivity index is 1.45. The van der Waals surface area contributed by atoms with E-state index in [9.17, 15) is 4.79 Å². The third-order valence-corrected chi connectivity index (χ3v) is 7.40. The molecule has 4 heteroatoms. The van der Waals surface area contributed by atoms with E-state index in [0.29, 0.717) is 12.6 Å². The van der Waals surface area contributed by atoms with Gasteiger partial charge in [-0.3, -0.25) is 4.79 Å². The first-order valence-electron chi connectivity index (χ1n) is 11.5. The summed E-state index contributed by atoms with van der Waals surface area (Å²) in [5.41, 5.74) is 0.857. The average Bonchev–Trinajstić information content (AvgIpc) is 2.98. The highest BCUT2D eigenvalue weighted by molar-refractivity contribution is 5.93. The fraction of sp³-hybridized carbons (Fsp3) is 0.708. The number of benzene rings is 1. The molecule has 2 aliphatic heterocycles. The lowest BCUT2D eigenvalue weighted by atomic mass is 9.84. The molecule has 3 aliphatic rings. The maximum Gasteiger partial charge on any atom is 0.249 e. The number of hydrogen-bond acceptors (Lipinski definition) is 3. The molecule has 2 saturated heterocycles. The standard InChI is InChI=1S/C24H37N3O/c1-25-20-27(22-14-10-7-11-15-22)24(23(25)28)16-18-26(19-17-24)21-12-8-5-3-2-4-6-9-13-21/h7,10-11,14-15,21H,2-6,8-9,12-13,16-20H2,1H3. The summed E-state index contributed by atoms with van der Waals surface area (Å²) in [7, 11) is 1.96. The molecule has 28 heavy (non-hydrogen) atoms. The molecule has 3 fully saturated rings. The molecule has 0 bridgehead atoms. The van der Waals surface area contributed by atoms with E-state index in [2.05, 4.69) is 40.1 Å². The van der Waals surface area contributed by atoms with Gasteiger partial charge in [0.1, 0.15) is 5.54 Å². The summed E-state index contributed by atoms with van der Waals surface area (Å²) in [6.07, 6.45) is 14.5. The van der Waals surface area contributed by atoms with Crippen LogP contribution in [0.1, 0.15) is 70.6 Å². The lowest BCUT2D eigenvalue weighted by molar-refractivity contribution is -0.132. The van der Waals surface area contributed by atoms with Crippen molar-refractivity contribution in [3.05, 3.63) is 30.3 Å². The van der Waals surface area contributed by atoms with E-state index < -0.39 is 0 Å². The average molecular weight is 384 g/mol. The van der Waals surface area contributed by atoms with Crippen LogP contribution < -0.4 is 4.90 Å². The lowest BCUT2D eigenvalue weighted by Crippen LogP contribution is -2.57. The van der Waals surface area contributed by atoms with Crippen molar-refractivity contribution in [3.8, 4) is 0 Å². The number of anilines is 1. The van der Waals surface area contributed by atoms with E-state index in [1.54, 1.807) is 0 Å². The van der Waals surface area contributed by atoms with Crippen LogP contribution in [0.5, 0.6) is 0 Å². The van der Waals surface area contributed by atoms with Crippen LogP contribution in [-0.4, -0.2) is 54.1 Å². The Kier molecular flexibility index (Phi) is 6.25. The van der Waals surface area contributed by atoms with Crippen LogP contribution in [0.2, 0.25) is 0 Å². The number of carbonyl (C=O) groups excluding carboxylic acids is 1. The molecular weight excluding hydrogens is 346 g/mol. The number of likely N-dealkylation sites (tertiary alicyclic amines) is 1. The van der Waals surface area contributed by atoms with Crippen molar-refractivity contribution in [3.63, 3.8) is 0 Å². The van der Waals surface area contributed by atoms with Gasteiger partial charge in [-0.2, -0.15) is 0 Å². The maximum atomic E-state index is 13.2. The minimum absolute atomic E-state index is 0.321. The molecule has 0 N–H and O–H groups in total. The van der Waals surface area contributed by atoms with Crippen LogP contribution in [0.15, 0.2) is 30.3 Å². The van der Waals surface area contributed by atoms with Crippen molar-refractivity contribution in [2.75, 3.05) is 31.7 Å². The Hall–Kier alpha value is -1.55. The second-order valence-corrected chi connectivity index (χ2v) is 9.18. The Morgan fingerprint density at radius 2 is 1.43 bits per heavy atom. The molecular formula is C24H37N3O. The van der Waals surface area contributed by atoms with Gasteiger partial charge in [0, 0.05) is 31.9 Å². The van der Waals surface area contributed by atoms with Crippen LogP contribution >= 0.6 is 0 Å². The van der Waals surface area contributed by atoms with E-state index in [4.69, 9.17) is 0 Å². The first kappa shape index (κ1) is 19.8. The van der Waals surface area contributed by atoms with Crippen molar-refractivity contribution in [2.45, 2.75) is 82.2 Å². The fourth-order valence-electron chi connectivity index (χ4n) is 5.72. The van der Waals surface area contributed by atoms with Crippen molar-refractivity contribution in [1.82, 2.24) is 9.80 Å². The number of carbonyl (C=O) groups is 1. The Morgan fingerprint density at radius 1 is 0.857 bits per heavy atom. The quantitative estimate of drug-likeness (QED) is 0.744. The van der Waals surface area contributed by atoms with Gasteiger partial charge in [-0.15, -0.1) is 0 Å². The molecule has 1 aliphatic carbocycles. The van der Waals surface area contributed by atoms with Gasteiger partial charge in [-0.25, -0.2) is 0 Å². The molecule has 1 spiro atoms. The molecule has 1 aromatic carbocycles. The monoisotopic (exact) mass is 383 g/mol. The van der Waals surface area contributed by atoms with Crippen LogP contribution in [0.25, 0.3) is 0 Å². The van der Waals surface area contributed by atoms with Gasteiger partial charge >= 0.3 is 0 Å². The summed E-state index contributed by atoms with van der Waals surface area (Å²) in [4.78, 5) is 20.2. The highest BCUT2D eigenvalue weighted by Crippen LogP contribution is 2.39. The minimum atomic E-state index is -0.331. The number of hydrogen-bond donors (Lipinski definition) is 0. The number of nitrogens with zero attached hydrogens (tertiary/aromatic N) is 3. The predicted octanol–water partition coefficient (Wildman–Crippen LogP) is 4.65. The Morgan fingerprint density at radius 3 is 2.04 bits per heavy atom. The molecule has 1 saturated carbocycles. The van der Waals surface area contributed by atoms with Gasteiger partial charge in [0.2, 0.25) is 5.91 Å². The third kappa shape index (κ3) is 3.94. The molecule has 0 radical (unpaired) electrons. The zero-order chi connectivity index (χ0) is 19.4. The van der Waals surface area contributed by atoms with Crippen molar-refractivity contribution < 1.29 is 4.79 Å². The van der Waals surface area contributed by atoms with Gasteiger partial charge in [0.05, 0.1) is 6.67 Å². The van der Waals surface area contributed by atoms with E-state index in [0.717, 1.165) is 32.0 Å². The zero-order valence-electron chi connectivity index (χ0n) is 17.6. The maximum absolute atomic E-state index is 13.2. The topological polar surface area (TPSA) is 26.8 Å². The second-order valence-electron chi connectivity index (χ2n) is 9.18. The summed E-state index contributed by atoms with van der Waals surface area (Å²) in [5.74, 6) is 0.321. The normalized spacial score (nSPS) is 25.4. The second kappa shape index (κ2) is 8.86. The smallest absolute Gasteiger partial charge is 0.249 e. The highest BCUT2D eigenvalue weighted by atomic mass is 16.2. The summed E-state index contributed by atoms with van der Waals surface area (Å²) >= 11 is 0. The van der Waals surface area contributed by atoms with Gasteiger partial charge in [0.15, 0.2) is 0 Å². The van der Waals surface area contributed by atoms with Crippen LogP contribution in [0.3, 0.4) is 0 Å². The van der Waals surface area contributed by atoms with Gasteiger partial charge in [0.25, 0.3) is 0 Å². The van der Waals surface area contributed by atoms with E-state index in [-0.39, 0.29) is 5.54 Å². The molecule has 4 nitrogen and oxygen atoms in total. The lowest BCUT2D eigenvalue weighted by Gasteiger charge is -2.45. The number of rotatable bonds is 2. The fourth-order valence-corrected chi connectivity index (χ4v) is 5.72. The molecule has 1 aromatic rings. The van der Waals surface area contributed by atoms with Crippen molar-refractivity contribution in [1.29, 1.82) is 0 Å². The van der Waals surface area contributed by atoms with E-state index in [1.165, 1.54) is 63.5 Å². The van der Waals surface area contributed by atoms with Gasteiger partial charge in [-0.05, 0) is 37.8 Å². The molecule has 154 valence electrons. The minimum Gasteiger partial charge on any atom is -0.339 e. The Labute approximate surface area is 170 Å². The van der Waals surface area contributed by atoms with E-state index in [1.807, 2.05) is 11.9 Å². The zero-order valence-corrected chi connectivity index (χ0v) is 17.6. The van der Waals surface area contributed by atoms with E-state index >= 15 is 0 Å². The molecule has 0 aromatic heterocycles. The number of piperidine rings is 1. The predicted molar refractivity (Wildman–Crippen MR) is 115 cm³/mol. The number of amides is 1. The summed E-state index contributed by atoms with van der Waals surface area (Å²) in [6, 6.07) is 11.3. The van der Waals surface area contributed by atoms with Crippen LogP contribution in [0.4, 0.5) is 5.69 Å². The van der Waals surface area contributed by atoms with Crippen molar-refractivity contribution >= 4 is 11.6 Å². The third-order valence-electron chi connectivity index (χ3n) is 7.40. The summed E-state index contributed by atoms with van der Waals surface area (Å²) < 4.78 is 0. The number of para-hydroxylation sites is 1. The van der Waals surface area contributed by atoms with Crippen LogP contribution in [-0.2, 0) is 4.79 Å². The number of likely N-dealkylation sites (N-methyl/N-ethyl adjacent to an activating group) is 1. The molecule has 4 rings (SSSR count). The first-order chi connectivity index (χ1) is 13.7. The van der Waals surface area contributed by atoms with Crippen LogP contribution in [0, 0.1) is 0 Å². The SMILES string of the molecule is CN1CN(c2ccccc2)C2(CCN(C3CCCCCCCCC3)CC2)C1=O. The molecule has 0 unspecified atom stereocenters. The summed E-state index contributed by atoms with van der Waals surface area (Å²) in [6.45, 7) is 2.84. The van der Waals surface area contributed by atoms with Gasteiger partial charge < -0.3 is 14.7 Å². The Bertz CT molecular complexity index is 629. The van der Waals surface area contributed by atoms with Crippen molar-refractivity contribution in [2.24, 2.45) is 0 Å². The molecule has 0 atom stereocenters. The first-order valence-corrected chi connectivity index (χ1v) is 11.5. The molecule has 1 amide bonds. The highest BCUT2D eigenvalue weighted by Gasteiger charge is 2.53. The summed E-state index contributed by atoms with van der Waals surface area (Å²) in [5, 5.41) is 0. The molecule has 2 heterocycles. The van der Waals surface area contributed by atoms with Gasteiger partial charge in [-0.1, -0.05) is 63.1 Å². The largest absolute Gasteiger partial charge is 0.339 e.